The van der Waals surface area contributed by atoms with E-state index in [0.717, 1.165) is 29.7 Å². The van der Waals surface area contributed by atoms with Crippen molar-refractivity contribution in [3.8, 4) is 17.2 Å². The number of carbonyl (C=O) groups excluding carboxylic acids is 1. The van der Waals surface area contributed by atoms with Crippen molar-refractivity contribution in [3.05, 3.63) is 53.1 Å². The molecule has 35 heavy (non-hydrogen) atoms. The van der Waals surface area contributed by atoms with Gasteiger partial charge in [0.25, 0.3) is 0 Å². The topological polar surface area (TPSA) is 57.1 Å². The molecule has 2 aromatic rings. The van der Waals surface area contributed by atoms with E-state index >= 15 is 0 Å². The Morgan fingerprint density at radius 1 is 0.829 bits per heavy atom. The minimum atomic E-state index is -0.0839. The average Bonchev–Trinajstić information content (AvgIpc) is 2.90. The summed E-state index contributed by atoms with van der Waals surface area (Å²) in [4.78, 5) is 17.8. The third kappa shape index (κ3) is 7.84. The van der Waals surface area contributed by atoms with Crippen LogP contribution in [-0.4, -0.2) is 38.9 Å². The summed E-state index contributed by atoms with van der Waals surface area (Å²) in [5, 5.41) is 0. The predicted octanol–water partition coefficient (Wildman–Crippen LogP) is 7.23. The molecule has 2 aromatic carbocycles. The van der Waals surface area contributed by atoms with Crippen molar-refractivity contribution in [2.45, 2.75) is 77.6 Å². The highest BCUT2D eigenvalue weighted by atomic mass is 16.5. The molecule has 0 bridgehead atoms. The van der Waals surface area contributed by atoms with Gasteiger partial charge in [-0.05, 0) is 54.8 Å². The minimum absolute atomic E-state index is 0.0839. The van der Waals surface area contributed by atoms with E-state index in [0.29, 0.717) is 35.9 Å². The van der Waals surface area contributed by atoms with Crippen molar-refractivity contribution in [2.75, 3.05) is 27.4 Å². The van der Waals surface area contributed by atoms with E-state index < -0.39 is 0 Å². The van der Waals surface area contributed by atoms with Gasteiger partial charge in [-0.1, -0.05) is 64.7 Å². The van der Waals surface area contributed by atoms with Crippen molar-refractivity contribution >= 4 is 11.5 Å². The Labute approximate surface area is 210 Å². The third-order valence-electron chi connectivity index (χ3n) is 6.61. The molecule has 0 N–H and O–H groups in total. The standard InChI is InChI=1S/C30H41NO4/c1-4-5-6-7-8-9-10-11-12-13-20-35-25-16-14-23(15-17-25)30(32)29-26-22-28(34-3)27(33-2)21-24(26)18-19-31-29/h14-17,21-22H,4-13,18-20H2,1-3H3. The van der Waals surface area contributed by atoms with E-state index in [4.69, 9.17) is 14.2 Å². The molecular weight excluding hydrogens is 438 g/mol. The maximum atomic E-state index is 13.2. The second kappa shape index (κ2) is 14.6. The molecule has 0 amide bonds. The zero-order valence-corrected chi connectivity index (χ0v) is 21.7. The van der Waals surface area contributed by atoms with Gasteiger partial charge < -0.3 is 14.2 Å². The third-order valence-corrected chi connectivity index (χ3v) is 6.61. The lowest BCUT2D eigenvalue weighted by Gasteiger charge is -2.19. The van der Waals surface area contributed by atoms with E-state index in [9.17, 15) is 4.79 Å². The van der Waals surface area contributed by atoms with Gasteiger partial charge in [0, 0.05) is 17.7 Å². The number of benzene rings is 2. The van der Waals surface area contributed by atoms with Crippen LogP contribution in [0.25, 0.3) is 0 Å². The van der Waals surface area contributed by atoms with Gasteiger partial charge in [-0.25, -0.2) is 0 Å². The Kier molecular flexibility index (Phi) is 11.1. The van der Waals surface area contributed by atoms with Crippen LogP contribution in [0.4, 0.5) is 0 Å². The van der Waals surface area contributed by atoms with Crippen LogP contribution >= 0.6 is 0 Å². The number of aliphatic imine (C=N–C) groups is 1. The largest absolute Gasteiger partial charge is 0.494 e. The molecule has 0 radical (unpaired) electrons. The molecule has 0 unspecified atom stereocenters. The van der Waals surface area contributed by atoms with E-state index in [1.54, 1.807) is 14.2 Å². The maximum Gasteiger partial charge on any atom is 0.211 e. The van der Waals surface area contributed by atoms with E-state index in [2.05, 4.69) is 11.9 Å². The number of carbonyl (C=O) groups is 1. The Balaban J connectivity index is 1.45. The summed E-state index contributed by atoms with van der Waals surface area (Å²) in [5.74, 6) is 1.99. The van der Waals surface area contributed by atoms with E-state index in [-0.39, 0.29) is 5.78 Å². The molecule has 0 aromatic heterocycles. The predicted molar refractivity (Wildman–Crippen MR) is 143 cm³/mol. The Morgan fingerprint density at radius 2 is 1.43 bits per heavy atom. The lowest BCUT2D eigenvalue weighted by molar-refractivity contribution is 0.106. The van der Waals surface area contributed by atoms with Crippen LogP contribution in [0.3, 0.4) is 0 Å². The van der Waals surface area contributed by atoms with Gasteiger partial charge in [0.05, 0.1) is 20.8 Å². The highest BCUT2D eigenvalue weighted by Crippen LogP contribution is 2.33. The molecule has 0 atom stereocenters. The highest BCUT2D eigenvalue weighted by Gasteiger charge is 2.24. The molecule has 0 spiro atoms. The van der Waals surface area contributed by atoms with E-state index in [1.165, 1.54) is 57.8 Å². The molecule has 3 rings (SSSR count). The molecule has 0 aliphatic carbocycles. The molecular formula is C30H41NO4. The number of fused-ring (bicyclic) bond motifs is 1. The first kappa shape index (κ1) is 26.8. The summed E-state index contributed by atoms with van der Waals surface area (Å²) in [5.41, 5.74) is 2.96. The molecule has 5 nitrogen and oxygen atoms in total. The summed E-state index contributed by atoms with van der Waals surface area (Å²) < 4.78 is 16.7. The van der Waals surface area contributed by atoms with Crippen molar-refractivity contribution in [2.24, 2.45) is 4.99 Å². The summed E-state index contributed by atoms with van der Waals surface area (Å²) >= 11 is 0. The highest BCUT2D eigenvalue weighted by molar-refractivity contribution is 6.52. The van der Waals surface area contributed by atoms with E-state index in [1.807, 2.05) is 36.4 Å². The van der Waals surface area contributed by atoms with Crippen molar-refractivity contribution in [1.82, 2.24) is 0 Å². The van der Waals surface area contributed by atoms with Crippen molar-refractivity contribution in [3.63, 3.8) is 0 Å². The molecule has 0 saturated carbocycles. The van der Waals surface area contributed by atoms with Crippen LogP contribution in [0, 0.1) is 0 Å². The lowest BCUT2D eigenvalue weighted by atomic mass is 9.92. The molecule has 1 aliphatic rings. The second-order valence-corrected chi connectivity index (χ2v) is 9.23. The Bertz CT molecular complexity index is 965. The first-order chi connectivity index (χ1) is 17.2. The second-order valence-electron chi connectivity index (χ2n) is 9.23. The fourth-order valence-corrected chi connectivity index (χ4v) is 4.53. The Hall–Kier alpha value is -2.82. The molecule has 5 heteroatoms. The first-order valence-electron chi connectivity index (χ1n) is 13.2. The smallest absolute Gasteiger partial charge is 0.211 e. The normalized spacial score (nSPS) is 12.6. The number of methoxy groups -OCH3 is 2. The number of ketones is 1. The van der Waals surface area contributed by atoms with Gasteiger partial charge in [-0.15, -0.1) is 0 Å². The number of unbranched alkanes of at least 4 members (excludes halogenated alkanes) is 9. The van der Waals surface area contributed by atoms with Crippen LogP contribution in [0.2, 0.25) is 0 Å². The van der Waals surface area contributed by atoms with Crippen molar-refractivity contribution in [1.29, 1.82) is 0 Å². The summed E-state index contributed by atoms with van der Waals surface area (Å²) in [6, 6.07) is 11.2. The minimum Gasteiger partial charge on any atom is -0.494 e. The monoisotopic (exact) mass is 479 g/mol. The number of rotatable bonds is 16. The maximum absolute atomic E-state index is 13.2. The number of hydrogen-bond acceptors (Lipinski definition) is 5. The van der Waals surface area contributed by atoms with Gasteiger partial charge in [0.15, 0.2) is 11.5 Å². The van der Waals surface area contributed by atoms with Crippen LogP contribution in [-0.2, 0) is 6.42 Å². The van der Waals surface area contributed by atoms with Crippen LogP contribution in [0.1, 0.15) is 92.6 Å². The molecule has 190 valence electrons. The quantitative estimate of drug-likeness (QED) is 0.188. The number of nitrogens with zero attached hydrogens (tertiary/aromatic N) is 1. The van der Waals surface area contributed by atoms with Crippen LogP contribution in [0.15, 0.2) is 41.4 Å². The fraction of sp³-hybridized carbons (Fsp3) is 0.533. The number of hydrogen-bond donors (Lipinski definition) is 0. The zero-order valence-electron chi connectivity index (χ0n) is 21.7. The SMILES string of the molecule is CCCCCCCCCCCCOc1ccc(C(=O)C2=NCCc3cc(OC)c(OC)cc32)cc1. The number of Topliss-reactive ketones (excluding diaryl/α,β-unsaturated/α-hetero) is 1. The van der Waals surface area contributed by atoms with Crippen molar-refractivity contribution < 1.29 is 19.0 Å². The van der Waals surface area contributed by atoms with Gasteiger partial charge >= 0.3 is 0 Å². The average molecular weight is 480 g/mol. The van der Waals surface area contributed by atoms with Gasteiger partial charge in [0.2, 0.25) is 5.78 Å². The first-order valence-corrected chi connectivity index (χ1v) is 13.2. The zero-order chi connectivity index (χ0) is 24.9. The van der Waals surface area contributed by atoms with Gasteiger partial charge in [-0.2, -0.15) is 0 Å². The fourth-order valence-electron chi connectivity index (χ4n) is 4.53. The van der Waals surface area contributed by atoms with Crippen LogP contribution < -0.4 is 14.2 Å². The number of ether oxygens (including phenoxy) is 3. The summed E-state index contributed by atoms with van der Waals surface area (Å²) in [6.45, 7) is 3.56. The molecule has 1 aliphatic heterocycles. The van der Waals surface area contributed by atoms with Gasteiger partial charge in [0.1, 0.15) is 11.5 Å². The molecule has 1 heterocycles. The van der Waals surface area contributed by atoms with Gasteiger partial charge in [-0.3, -0.25) is 9.79 Å². The molecule has 0 saturated heterocycles. The summed E-state index contributed by atoms with van der Waals surface area (Å²) in [7, 11) is 3.22. The Morgan fingerprint density at radius 3 is 2.06 bits per heavy atom. The van der Waals surface area contributed by atoms with Crippen LogP contribution in [0.5, 0.6) is 17.2 Å². The molecule has 0 fully saturated rings. The lowest BCUT2D eigenvalue weighted by Crippen LogP contribution is -2.22. The summed E-state index contributed by atoms with van der Waals surface area (Å²) in [6.07, 6.45) is 13.9.